The number of ether oxygens (including phenoxy) is 3. The summed E-state index contributed by atoms with van der Waals surface area (Å²) in [6.45, 7) is 6.24. The summed E-state index contributed by atoms with van der Waals surface area (Å²) in [6, 6.07) is 3.72. The molecule has 116 valence electrons. The summed E-state index contributed by atoms with van der Waals surface area (Å²) < 4.78 is 18.1. The molecule has 21 heavy (non-hydrogen) atoms. The number of anilines is 1. The molecule has 6 nitrogen and oxygen atoms in total. The van der Waals surface area contributed by atoms with Crippen molar-refractivity contribution in [1.82, 2.24) is 9.55 Å². The smallest absolute Gasteiger partial charge is 0.201 e. The normalized spacial score (nSPS) is 11.3. The van der Waals surface area contributed by atoms with Crippen LogP contribution in [0.3, 0.4) is 0 Å². The van der Waals surface area contributed by atoms with E-state index in [1.165, 1.54) is 0 Å². The lowest BCUT2D eigenvalue weighted by atomic mass is 10.2. The van der Waals surface area contributed by atoms with Crippen molar-refractivity contribution in [2.24, 2.45) is 5.92 Å². The van der Waals surface area contributed by atoms with Crippen molar-refractivity contribution in [3.8, 4) is 11.5 Å². The lowest BCUT2D eigenvalue weighted by Crippen LogP contribution is -2.11. The molecular formula is C15H23N3O3. The zero-order valence-electron chi connectivity index (χ0n) is 13.0. The van der Waals surface area contributed by atoms with Gasteiger partial charge in [-0.1, -0.05) is 13.8 Å². The number of hydrogen-bond donors (Lipinski definition) is 1. The van der Waals surface area contributed by atoms with Gasteiger partial charge in [-0.25, -0.2) is 4.98 Å². The molecule has 6 heteroatoms. The van der Waals surface area contributed by atoms with Gasteiger partial charge in [0.05, 0.1) is 31.9 Å². The quantitative estimate of drug-likeness (QED) is 0.793. The second-order valence-electron chi connectivity index (χ2n) is 5.29. The van der Waals surface area contributed by atoms with Crippen molar-refractivity contribution >= 4 is 17.0 Å². The topological polar surface area (TPSA) is 71.5 Å². The Morgan fingerprint density at radius 1 is 1.19 bits per heavy atom. The van der Waals surface area contributed by atoms with Crippen molar-refractivity contribution in [2.45, 2.75) is 20.4 Å². The van der Waals surface area contributed by atoms with Gasteiger partial charge in [-0.05, 0) is 5.92 Å². The van der Waals surface area contributed by atoms with Crippen molar-refractivity contribution in [3.05, 3.63) is 12.1 Å². The Labute approximate surface area is 124 Å². The van der Waals surface area contributed by atoms with E-state index in [0.717, 1.165) is 17.6 Å². The molecule has 1 heterocycles. The molecule has 0 bridgehead atoms. The maximum Gasteiger partial charge on any atom is 0.201 e. The Morgan fingerprint density at radius 3 is 2.48 bits per heavy atom. The van der Waals surface area contributed by atoms with Gasteiger partial charge in [0.2, 0.25) is 5.95 Å². The van der Waals surface area contributed by atoms with Gasteiger partial charge in [0.1, 0.15) is 0 Å². The van der Waals surface area contributed by atoms with Gasteiger partial charge in [-0.15, -0.1) is 0 Å². The third kappa shape index (κ3) is 3.39. The van der Waals surface area contributed by atoms with Crippen molar-refractivity contribution < 1.29 is 14.2 Å². The van der Waals surface area contributed by atoms with Crippen LogP contribution in [0.2, 0.25) is 0 Å². The standard InChI is InChI=1S/C15H23N3O3/c1-10(2)9-21-6-5-18-12-8-14(20-4)13(19-3)7-11(12)17-15(18)16/h7-8,10H,5-6,9H2,1-4H3,(H2,16,17). The number of nitrogens with two attached hydrogens (primary N) is 1. The fraction of sp³-hybridized carbons (Fsp3) is 0.533. The maximum absolute atomic E-state index is 5.99. The molecule has 0 radical (unpaired) electrons. The SMILES string of the molecule is COc1cc2nc(N)n(CCOCC(C)C)c2cc1OC. The summed E-state index contributed by atoms with van der Waals surface area (Å²) in [4.78, 5) is 4.36. The highest BCUT2D eigenvalue weighted by atomic mass is 16.5. The van der Waals surface area contributed by atoms with Crippen LogP contribution in [-0.2, 0) is 11.3 Å². The van der Waals surface area contributed by atoms with E-state index in [4.69, 9.17) is 19.9 Å². The van der Waals surface area contributed by atoms with E-state index in [1.54, 1.807) is 14.2 Å². The number of fused-ring (bicyclic) bond motifs is 1. The lowest BCUT2D eigenvalue weighted by Gasteiger charge is -2.11. The molecule has 0 saturated heterocycles. The van der Waals surface area contributed by atoms with Gasteiger partial charge in [-0.3, -0.25) is 0 Å². The van der Waals surface area contributed by atoms with Crippen molar-refractivity contribution in [1.29, 1.82) is 0 Å². The van der Waals surface area contributed by atoms with Crippen molar-refractivity contribution in [3.63, 3.8) is 0 Å². The Bertz CT molecular complexity index is 608. The second-order valence-corrected chi connectivity index (χ2v) is 5.29. The van der Waals surface area contributed by atoms with Gasteiger partial charge in [0, 0.05) is 25.3 Å². The predicted octanol–water partition coefficient (Wildman–Crippen LogP) is 2.31. The van der Waals surface area contributed by atoms with Gasteiger partial charge >= 0.3 is 0 Å². The third-order valence-electron chi connectivity index (χ3n) is 3.19. The molecule has 0 amide bonds. The second kappa shape index (κ2) is 6.67. The number of benzene rings is 1. The van der Waals surface area contributed by atoms with Crippen LogP contribution in [0.5, 0.6) is 11.5 Å². The van der Waals surface area contributed by atoms with Crippen molar-refractivity contribution in [2.75, 3.05) is 33.2 Å². The highest BCUT2D eigenvalue weighted by Crippen LogP contribution is 2.32. The molecule has 0 atom stereocenters. The molecule has 0 spiro atoms. The molecule has 2 aromatic rings. The first-order valence-electron chi connectivity index (χ1n) is 7.02. The van der Waals surface area contributed by atoms with Crippen LogP contribution >= 0.6 is 0 Å². The fourth-order valence-electron chi connectivity index (χ4n) is 2.18. The summed E-state index contributed by atoms with van der Waals surface area (Å²) in [6.07, 6.45) is 0. The Kier molecular flexibility index (Phi) is 4.90. The van der Waals surface area contributed by atoms with E-state index in [1.807, 2.05) is 16.7 Å². The summed E-state index contributed by atoms with van der Waals surface area (Å²) in [5.41, 5.74) is 7.69. The van der Waals surface area contributed by atoms with Crippen LogP contribution in [0.25, 0.3) is 11.0 Å². The highest BCUT2D eigenvalue weighted by Gasteiger charge is 2.13. The minimum Gasteiger partial charge on any atom is -0.493 e. The van der Waals surface area contributed by atoms with Gasteiger partial charge < -0.3 is 24.5 Å². The average molecular weight is 293 g/mol. The number of nitrogens with zero attached hydrogens (tertiary/aromatic N) is 2. The first-order valence-corrected chi connectivity index (χ1v) is 7.02. The molecule has 2 rings (SSSR count). The molecule has 2 N–H and O–H groups in total. The molecule has 1 aromatic carbocycles. The molecule has 0 aliphatic rings. The van der Waals surface area contributed by atoms with E-state index in [2.05, 4.69) is 18.8 Å². The Hall–Kier alpha value is -1.95. The third-order valence-corrected chi connectivity index (χ3v) is 3.19. The summed E-state index contributed by atoms with van der Waals surface area (Å²) in [5.74, 6) is 2.29. The molecule has 0 unspecified atom stereocenters. The fourth-order valence-corrected chi connectivity index (χ4v) is 2.18. The largest absolute Gasteiger partial charge is 0.493 e. The lowest BCUT2D eigenvalue weighted by molar-refractivity contribution is 0.104. The van der Waals surface area contributed by atoms with E-state index < -0.39 is 0 Å². The van der Waals surface area contributed by atoms with E-state index in [9.17, 15) is 0 Å². The van der Waals surface area contributed by atoms with E-state index >= 15 is 0 Å². The van der Waals surface area contributed by atoms with Gasteiger partial charge in [-0.2, -0.15) is 0 Å². The summed E-state index contributed by atoms with van der Waals surface area (Å²) >= 11 is 0. The summed E-state index contributed by atoms with van der Waals surface area (Å²) in [7, 11) is 3.21. The molecule has 0 fully saturated rings. The van der Waals surface area contributed by atoms with E-state index in [-0.39, 0.29) is 0 Å². The van der Waals surface area contributed by atoms with E-state index in [0.29, 0.717) is 36.5 Å². The molecule has 0 aliphatic heterocycles. The number of nitrogen functional groups attached to an aromatic ring is 1. The average Bonchev–Trinajstić information content (AvgIpc) is 2.76. The Balaban J connectivity index is 2.24. The molecule has 1 aromatic heterocycles. The minimum atomic E-state index is 0.466. The van der Waals surface area contributed by atoms with Gasteiger partial charge in [0.25, 0.3) is 0 Å². The predicted molar refractivity (Wildman–Crippen MR) is 82.9 cm³/mol. The number of imidazole rings is 1. The molecule has 0 saturated carbocycles. The van der Waals surface area contributed by atoms with Crippen LogP contribution < -0.4 is 15.2 Å². The highest BCUT2D eigenvalue weighted by molar-refractivity contribution is 5.82. The zero-order chi connectivity index (χ0) is 15.4. The molecular weight excluding hydrogens is 270 g/mol. The van der Waals surface area contributed by atoms with Gasteiger partial charge in [0.15, 0.2) is 11.5 Å². The first-order chi connectivity index (χ1) is 10.1. The molecule has 0 aliphatic carbocycles. The monoisotopic (exact) mass is 293 g/mol. The van der Waals surface area contributed by atoms with Crippen LogP contribution in [-0.4, -0.2) is 37.0 Å². The van der Waals surface area contributed by atoms with Crippen LogP contribution in [0.1, 0.15) is 13.8 Å². The van der Waals surface area contributed by atoms with Crippen LogP contribution in [0.4, 0.5) is 5.95 Å². The number of methoxy groups -OCH3 is 2. The van der Waals surface area contributed by atoms with Crippen LogP contribution in [0, 0.1) is 5.92 Å². The van der Waals surface area contributed by atoms with Crippen LogP contribution in [0.15, 0.2) is 12.1 Å². The maximum atomic E-state index is 5.99. The number of hydrogen-bond acceptors (Lipinski definition) is 5. The first kappa shape index (κ1) is 15.4. The summed E-state index contributed by atoms with van der Waals surface area (Å²) in [5, 5.41) is 0. The zero-order valence-corrected chi connectivity index (χ0v) is 13.0. The Morgan fingerprint density at radius 2 is 1.86 bits per heavy atom. The number of rotatable bonds is 7. The minimum absolute atomic E-state index is 0.466. The number of aromatic nitrogens is 2.